The summed E-state index contributed by atoms with van der Waals surface area (Å²) >= 11 is 0. The Hall–Kier alpha value is -0.890. The molecule has 0 spiro atoms. The molecule has 0 amide bonds. The smallest absolute Gasteiger partial charge is 0.105 e. The first-order chi connectivity index (χ1) is 9.34. The van der Waals surface area contributed by atoms with Crippen LogP contribution >= 0.6 is 0 Å². The maximum absolute atomic E-state index is 14.5. The Morgan fingerprint density at radius 1 is 1.21 bits per heavy atom. The molecule has 3 unspecified atom stereocenters. The predicted molar refractivity (Wildman–Crippen MR) is 77.2 cm³/mol. The van der Waals surface area contributed by atoms with E-state index in [0.29, 0.717) is 5.92 Å². The van der Waals surface area contributed by atoms with E-state index in [4.69, 9.17) is 0 Å². The molecule has 1 saturated heterocycles. The second-order valence-corrected chi connectivity index (χ2v) is 6.15. The number of nitrogens with one attached hydrogen (secondary N) is 1. The van der Waals surface area contributed by atoms with Gasteiger partial charge in [-0.3, -0.25) is 0 Å². The zero-order chi connectivity index (χ0) is 13.1. The lowest BCUT2D eigenvalue weighted by Gasteiger charge is -2.31. The molecule has 19 heavy (non-hydrogen) atoms. The first-order valence-electron chi connectivity index (χ1n) is 7.77. The molecule has 1 heterocycles. The number of hydrogen-bond acceptors (Lipinski definition) is 1. The van der Waals surface area contributed by atoms with Gasteiger partial charge in [0.1, 0.15) is 6.17 Å². The lowest BCUT2D eigenvalue weighted by molar-refractivity contribution is 0.168. The molecule has 1 aliphatic carbocycles. The molecule has 0 bridgehead atoms. The highest BCUT2D eigenvalue weighted by molar-refractivity contribution is 5.32. The summed E-state index contributed by atoms with van der Waals surface area (Å²) in [5.74, 6) is 0.685. The Balaban J connectivity index is 1.66. The summed E-state index contributed by atoms with van der Waals surface area (Å²) in [7, 11) is 0. The maximum Gasteiger partial charge on any atom is 0.105 e. The van der Waals surface area contributed by atoms with Crippen molar-refractivity contribution in [1.29, 1.82) is 0 Å². The number of alkyl halides is 1. The van der Waals surface area contributed by atoms with Crippen LogP contribution in [0.2, 0.25) is 0 Å². The van der Waals surface area contributed by atoms with E-state index in [9.17, 15) is 4.39 Å². The van der Waals surface area contributed by atoms with Gasteiger partial charge in [0.2, 0.25) is 0 Å². The van der Waals surface area contributed by atoms with Crippen molar-refractivity contribution in [3.05, 3.63) is 35.4 Å². The highest BCUT2D eigenvalue weighted by atomic mass is 19.1. The Morgan fingerprint density at radius 3 is 2.95 bits per heavy atom. The zero-order valence-electron chi connectivity index (χ0n) is 11.6. The van der Waals surface area contributed by atoms with Gasteiger partial charge in [0, 0.05) is 12.5 Å². The van der Waals surface area contributed by atoms with Crippen LogP contribution < -0.4 is 5.32 Å². The summed E-state index contributed by atoms with van der Waals surface area (Å²) < 4.78 is 14.5. The topological polar surface area (TPSA) is 12.0 Å². The van der Waals surface area contributed by atoms with E-state index in [2.05, 4.69) is 29.6 Å². The van der Waals surface area contributed by atoms with Gasteiger partial charge >= 0.3 is 0 Å². The molecule has 1 aliphatic heterocycles. The highest BCUT2D eigenvalue weighted by Gasteiger charge is 2.28. The number of benzene rings is 1. The van der Waals surface area contributed by atoms with Gasteiger partial charge < -0.3 is 5.32 Å². The Morgan fingerprint density at radius 2 is 2.11 bits per heavy atom. The van der Waals surface area contributed by atoms with E-state index >= 15 is 0 Å². The molecular weight excluding hydrogens is 237 g/mol. The second-order valence-electron chi connectivity index (χ2n) is 6.15. The van der Waals surface area contributed by atoms with Crippen LogP contribution in [0.25, 0.3) is 0 Å². The fraction of sp³-hybridized carbons (Fsp3) is 0.647. The summed E-state index contributed by atoms with van der Waals surface area (Å²) in [4.78, 5) is 0. The van der Waals surface area contributed by atoms with Gasteiger partial charge in [-0.05, 0) is 62.1 Å². The molecule has 0 radical (unpaired) electrons. The molecule has 1 fully saturated rings. The van der Waals surface area contributed by atoms with Crippen molar-refractivity contribution in [2.45, 2.75) is 50.6 Å². The first-order valence-corrected chi connectivity index (χ1v) is 7.77. The minimum atomic E-state index is -0.635. The van der Waals surface area contributed by atoms with Crippen LogP contribution in [0.5, 0.6) is 0 Å². The fourth-order valence-electron chi connectivity index (χ4n) is 3.75. The average Bonchev–Trinajstić information content (AvgIpc) is 2.48. The second kappa shape index (κ2) is 6.04. The largest absolute Gasteiger partial charge is 0.316 e. The lowest BCUT2D eigenvalue weighted by atomic mass is 9.78. The van der Waals surface area contributed by atoms with E-state index in [1.807, 2.05) is 0 Å². The monoisotopic (exact) mass is 261 g/mol. The van der Waals surface area contributed by atoms with Gasteiger partial charge in [-0.15, -0.1) is 0 Å². The molecule has 2 aliphatic rings. The predicted octanol–water partition coefficient (Wildman–Crippen LogP) is 3.83. The first kappa shape index (κ1) is 13.1. The van der Waals surface area contributed by atoms with Crippen LogP contribution in [0.3, 0.4) is 0 Å². The molecule has 1 aromatic rings. The van der Waals surface area contributed by atoms with Gasteiger partial charge in [-0.2, -0.15) is 0 Å². The summed E-state index contributed by atoms with van der Waals surface area (Å²) in [5.41, 5.74) is 2.87. The molecule has 0 saturated carbocycles. The van der Waals surface area contributed by atoms with Crippen LogP contribution in [0.1, 0.15) is 49.1 Å². The normalized spacial score (nSPS) is 28.7. The fourth-order valence-corrected chi connectivity index (χ4v) is 3.75. The molecule has 3 rings (SSSR count). The number of hydrogen-bond donors (Lipinski definition) is 1. The van der Waals surface area contributed by atoms with Gasteiger partial charge in [0.25, 0.3) is 0 Å². The SMILES string of the molecule is FC(CC1CCCc2ccccc21)C1CCCNC1. The van der Waals surface area contributed by atoms with Crippen LogP contribution in [0.15, 0.2) is 24.3 Å². The molecule has 0 aromatic heterocycles. The Kier molecular flexibility index (Phi) is 4.17. The molecule has 104 valence electrons. The van der Waals surface area contributed by atoms with Crippen molar-refractivity contribution in [1.82, 2.24) is 5.32 Å². The van der Waals surface area contributed by atoms with Crippen molar-refractivity contribution in [3.63, 3.8) is 0 Å². The molecule has 1 nitrogen and oxygen atoms in total. The number of fused-ring (bicyclic) bond motifs is 1. The molecule has 1 aromatic carbocycles. The van der Waals surface area contributed by atoms with Crippen LogP contribution in [0, 0.1) is 5.92 Å². The third kappa shape index (κ3) is 3.00. The van der Waals surface area contributed by atoms with Crippen molar-refractivity contribution in [2.24, 2.45) is 5.92 Å². The summed E-state index contributed by atoms with van der Waals surface area (Å²) in [6, 6.07) is 8.65. The number of rotatable bonds is 3. The van der Waals surface area contributed by atoms with Gasteiger partial charge in [-0.1, -0.05) is 24.3 Å². The van der Waals surface area contributed by atoms with E-state index in [1.165, 1.54) is 24.0 Å². The van der Waals surface area contributed by atoms with Crippen LogP contribution in [0.4, 0.5) is 4.39 Å². The van der Waals surface area contributed by atoms with Gasteiger partial charge in [0.05, 0.1) is 0 Å². The zero-order valence-corrected chi connectivity index (χ0v) is 11.6. The highest BCUT2D eigenvalue weighted by Crippen LogP contribution is 2.37. The van der Waals surface area contributed by atoms with Crippen LogP contribution in [-0.2, 0) is 6.42 Å². The summed E-state index contributed by atoms with van der Waals surface area (Å²) in [6.45, 7) is 1.94. The third-order valence-electron chi connectivity index (χ3n) is 4.85. The minimum absolute atomic E-state index is 0.239. The molecular formula is C17H24FN. The van der Waals surface area contributed by atoms with Crippen molar-refractivity contribution in [2.75, 3.05) is 13.1 Å². The third-order valence-corrected chi connectivity index (χ3v) is 4.85. The Bertz CT molecular complexity index is 411. The van der Waals surface area contributed by atoms with Gasteiger partial charge in [0.15, 0.2) is 0 Å². The number of piperidine rings is 1. The summed E-state index contributed by atoms with van der Waals surface area (Å²) in [5, 5.41) is 3.33. The van der Waals surface area contributed by atoms with Crippen molar-refractivity contribution < 1.29 is 4.39 Å². The quantitative estimate of drug-likeness (QED) is 0.872. The van der Waals surface area contributed by atoms with E-state index in [0.717, 1.165) is 38.8 Å². The number of halogens is 1. The number of aryl methyl sites for hydroxylation is 1. The van der Waals surface area contributed by atoms with Crippen LogP contribution in [-0.4, -0.2) is 19.3 Å². The van der Waals surface area contributed by atoms with E-state index in [1.54, 1.807) is 0 Å². The summed E-state index contributed by atoms with van der Waals surface area (Å²) in [6.07, 6.45) is 5.84. The van der Waals surface area contributed by atoms with Crippen molar-refractivity contribution in [3.8, 4) is 0 Å². The minimum Gasteiger partial charge on any atom is -0.316 e. The van der Waals surface area contributed by atoms with Crippen molar-refractivity contribution >= 4 is 0 Å². The maximum atomic E-state index is 14.5. The van der Waals surface area contributed by atoms with Gasteiger partial charge in [-0.25, -0.2) is 4.39 Å². The lowest BCUT2D eigenvalue weighted by Crippen LogP contribution is -2.35. The molecule has 3 atom stereocenters. The molecule has 1 N–H and O–H groups in total. The molecule has 2 heteroatoms. The standard InChI is InChI=1S/C17H24FN/c18-17(15-8-4-10-19-12-15)11-14-7-3-6-13-5-1-2-9-16(13)14/h1-2,5,9,14-15,17,19H,3-4,6-8,10-12H2. The van der Waals surface area contributed by atoms with E-state index in [-0.39, 0.29) is 5.92 Å². The average molecular weight is 261 g/mol. The van der Waals surface area contributed by atoms with E-state index < -0.39 is 6.17 Å². The Labute approximate surface area is 115 Å².